The van der Waals surface area contributed by atoms with E-state index < -0.39 is 6.04 Å². The number of para-hydroxylation sites is 1. The van der Waals surface area contributed by atoms with E-state index in [9.17, 15) is 4.79 Å². The first kappa shape index (κ1) is 18.7. The quantitative estimate of drug-likeness (QED) is 0.876. The van der Waals surface area contributed by atoms with Crippen LogP contribution in [-0.2, 0) is 4.79 Å². The van der Waals surface area contributed by atoms with Gasteiger partial charge in [0.25, 0.3) is 0 Å². The van der Waals surface area contributed by atoms with Gasteiger partial charge >= 0.3 is 0 Å². The van der Waals surface area contributed by atoms with Gasteiger partial charge in [0.2, 0.25) is 5.91 Å². The zero-order valence-corrected chi connectivity index (χ0v) is 13.3. The largest absolute Gasteiger partial charge is 0.370 e. The van der Waals surface area contributed by atoms with E-state index in [-0.39, 0.29) is 5.91 Å². The van der Waals surface area contributed by atoms with Gasteiger partial charge in [-0.2, -0.15) is 0 Å². The molecular formula is C18H26N2O. The fourth-order valence-electron chi connectivity index (χ4n) is 1.67. The van der Waals surface area contributed by atoms with Crippen molar-refractivity contribution in [1.82, 2.24) is 0 Å². The van der Waals surface area contributed by atoms with Gasteiger partial charge in [0, 0.05) is 5.69 Å². The summed E-state index contributed by atoms with van der Waals surface area (Å²) in [5.74, 6) is -0.389. The molecule has 0 aliphatic heterocycles. The lowest BCUT2D eigenvalue weighted by molar-refractivity contribution is -0.118. The number of hydrogen-bond acceptors (Lipinski definition) is 2. The molecule has 21 heavy (non-hydrogen) atoms. The summed E-state index contributed by atoms with van der Waals surface area (Å²) in [4.78, 5) is 11.5. The number of anilines is 1. The number of amides is 1. The monoisotopic (exact) mass is 286 g/mol. The second-order valence-electron chi connectivity index (χ2n) is 3.76. The molecule has 3 N–H and O–H groups in total. The number of primary amides is 1. The molecule has 0 aromatic heterocycles. The SMILES string of the molecule is CC.CC.NC(=O)C(Nc1ccccc1)c1ccccc1. The number of nitrogens with two attached hydrogens (primary N) is 1. The smallest absolute Gasteiger partial charge is 0.244 e. The summed E-state index contributed by atoms with van der Waals surface area (Å²) in [6.45, 7) is 8.00. The summed E-state index contributed by atoms with van der Waals surface area (Å²) >= 11 is 0. The second-order valence-corrected chi connectivity index (χ2v) is 3.76. The average Bonchev–Trinajstić information content (AvgIpc) is 2.58. The molecular weight excluding hydrogens is 260 g/mol. The summed E-state index contributed by atoms with van der Waals surface area (Å²) < 4.78 is 0. The molecule has 2 rings (SSSR count). The van der Waals surface area contributed by atoms with E-state index in [1.165, 1.54) is 0 Å². The summed E-state index contributed by atoms with van der Waals surface area (Å²) in [5, 5.41) is 3.12. The first-order chi connectivity index (χ1) is 10.3. The Morgan fingerprint density at radius 3 is 1.71 bits per heavy atom. The van der Waals surface area contributed by atoms with Gasteiger partial charge in [-0.15, -0.1) is 0 Å². The van der Waals surface area contributed by atoms with Gasteiger partial charge in [0.15, 0.2) is 0 Å². The lowest BCUT2D eigenvalue weighted by atomic mass is 10.1. The molecule has 0 aliphatic rings. The van der Waals surface area contributed by atoms with Crippen LogP contribution in [0.4, 0.5) is 5.69 Å². The maximum atomic E-state index is 11.5. The molecule has 0 saturated heterocycles. The molecule has 0 heterocycles. The van der Waals surface area contributed by atoms with Crippen molar-refractivity contribution in [2.24, 2.45) is 5.73 Å². The van der Waals surface area contributed by atoms with Gasteiger partial charge in [-0.25, -0.2) is 0 Å². The topological polar surface area (TPSA) is 55.1 Å². The molecule has 3 heteroatoms. The number of benzene rings is 2. The van der Waals surface area contributed by atoms with Gasteiger partial charge in [-0.1, -0.05) is 76.2 Å². The first-order valence-corrected chi connectivity index (χ1v) is 7.43. The van der Waals surface area contributed by atoms with Crippen molar-refractivity contribution in [3.8, 4) is 0 Å². The number of hydrogen-bond donors (Lipinski definition) is 2. The van der Waals surface area contributed by atoms with Crippen molar-refractivity contribution in [2.75, 3.05) is 5.32 Å². The Labute approximate surface area is 128 Å². The second kappa shape index (κ2) is 11.5. The molecule has 0 fully saturated rings. The van der Waals surface area contributed by atoms with Crippen LogP contribution in [0, 0.1) is 0 Å². The minimum Gasteiger partial charge on any atom is -0.370 e. The molecule has 1 unspecified atom stereocenters. The van der Waals surface area contributed by atoms with E-state index in [0.717, 1.165) is 11.3 Å². The van der Waals surface area contributed by atoms with Gasteiger partial charge in [-0.05, 0) is 17.7 Å². The van der Waals surface area contributed by atoms with E-state index in [0.29, 0.717) is 0 Å². The van der Waals surface area contributed by atoms with E-state index in [2.05, 4.69) is 5.32 Å². The predicted molar refractivity (Wildman–Crippen MR) is 91.1 cm³/mol. The van der Waals surface area contributed by atoms with Gasteiger partial charge < -0.3 is 11.1 Å². The molecule has 2 aromatic rings. The molecule has 0 saturated carbocycles. The molecule has 0 spiro atoms. The average molecular weight is 286 g/mol. The van der Waals surface area contributed by atoms with Crippen LogP contribution in [-0.4, -0.2) is 5.91 Å². The summed E-state index contributed by atoms with van der Waals surface area (Å²) in [6.07, 6.45) is 0. The van der Waals surface area contributed by atoms with Crippen LogP contribution in [0.15, 0.2) is 60.7 Å². The minimum absolute atomic E-state index is 0.389. The fraction of sp³-hybridized carbons (Fsp3) is 0.278. The number of nitrogens with one attached hydrogen (secondary N) is 1. The normalized spacial score (nSPS) is 10.1. The highest BCUT2D eigenvalue weighted by Gasteiger charge is 2.16. The van der Waals surface area contributed by atoms with E-state index in [4.69, 9.17) is 5.73 Å². The third-order valence-electron chi connectivity index (χ3n) is 2.50. The van der Waals surface area contributed by atoms with Crippen LogP contribution in [0.25, 0.3) is 0 Å². The summed E-state index contributed by atoms with van der Waals surface area (Å²) in [7, 11) is 0. The maximum absolute atomic E-state index is 11.5. The number of rotatable bonds is 4. The zero-order valence-electron chi connectivity index (χ0n) is 13.3. The Balaban J connectivity index is 0.000000921. The maximum Gasteiger partial charge on any atom is 0.244 e. The van der Waals surface area contributed by atoms with Crippen LogP contribution in [0.1, 0.15) is 39.3 Å². The third kappa shape index (κ3) is 6.61. The lowest BCUT2D eigenvalue weighted by Crippen LogP contribution is -2.27. The molecule has 1 amide bonds. The summed E-state index contributed by atoms with van der Waals surface area (Å²) in [6, 6.07) is 18.5. The molecule has 114 valence electrons. The van der Waals surface area contributed by atoms with Crippen LogP contribution in [0.3, 0.4) is 0 Å². The molecule has 2 aromatic carbocycles. The first-order valence-electron chi connectivity index (χ1n) is 7.43. The molecule has 3 nitrogen and oxygen atoms in total. The lowest BCUT2D eigenvalue weighted by Gasteiger charge is -2.16. The minimum atomic E-state index is -0.501. The molecule has 0 bridgehead atoms. The zero-order chi connectivity index (χ0) is 16.1. The van der Waals surface area contributed by atoms with Crippen LogP contribution < -0.4 is 11.1 Å². The predicted octanol–water partition coefficient (Wildman–Crippen LogP) is 4.38. The van der Waals surface area contributed by atoms with Crippen LogP contribution >= 0.6 is 0 Å². The molecule has 1 atom stereocenters. The van der Waals surface area contributed by atoms with Crippen molar-refractivity contribution in [2.45, 2.75) is 33.7 Å². The highest BCUT2D eigenvalue weighted by Crippen LogP contribution is 2.18. The molecule has 0 aliphatic carbocycles. The Morgan fingerprint density at radius 1 is 0.857 bits per heavy atom. The highest BCUT2D eigenvalue weighted by atomic mass is 16.1. The van der Waals surface area contributed by atoms with Crippen molar-refractivity contribution in [1.29, 1.82) is 0 Å². The van der Waals surface area contributed by atoms with Crippen molar-refractivity contribution < 1.29 is 4.79 Å². The Morgan fingerprint density at radius 2 is 1.29 bits per heavy atom. The van der Waals surface area contributed by atoms with Crippen molar-refractivity contribution >= 4 is 11.6 Å². The third-order valence-corrected chi connectivity index (χ3v) is 2.50. The Hall–Kier alpha value is -2.29. The van der Waals surface area contributed by atoms with Crippen LogP contribution in [0.2, 0.25) is 0 Å². The fourth-order valence-corrected chi connectivity index (χ4v) is 1.67. The Kier molecular flexibility index (Phi) is 10.3. The van der Waals surface area contributed by atoms with E-state index in [1.54, 1.807) is 0 Å². The van der Waals surface area contributed by atoms with E-state index in [1.807, 2.05) is 88.4 Å². The van der Waals surface area contributed by atoms with Gasteiger partial charge in [0.1, 0.15) is 6.04 Å². The van der Waals surface area contributed by atoms with E-state index >= 15 is 0 Å². The number of carbonyl (C=O) groups is 1. The highest BCUT2D eigenvalue weighted by molar-refractivity contribution is 5.84. The molecule has 0 radical (unpaired) electrons. The number of carbonyl (C=O) groups excluding carboxylic acids is 1. The Bertz CT molecular complexity index is 483. The van der Waals surface area contributed by atoms with Crippen molar-refractivity contribution in [3.63, 3.8) is 0 Å². The standard InChI is InChI=1S/C14H14N2O.2C2H6/c15-14(17)13(11-7-3-1-4-8-11)16-12-9-5-2-6-10-12;2*1-2/h1-10,13,16H,(H2,15,17);2*1-2H3. The van der Waals surface area contributed by atoms with Gasteiger partial charge in [0.05, 0.1) is 0 Å². The summed E-state index contributed by atoms with van der Waals surface area (Å²) in [5.41, 5.74) is 7.15. The van der Waals surface area contributed by atoms with Gasteiger partial charge in [-0.3, -0.25) is 4.79 Å². The van der Waals surface area contributed by atoms with Crippen LogP contribution in [0.5, 0.6) is 0 Å². The van der Waals surface area contributed by atoms with Crippen molar-refractivity contribution in [3.05, 3.63) is 66.2 Å².